The predicted octanol–water partition coefficient (Wildman–Crippen LogP) is 4.62. The summed E-state index contributed by atoms with van der Waals surface area (Å²) in [5.74, 6) is 0.318. The lowest BCUT2D eigenvalue weighted by atomic mass is 10.2. The summed E-state index contributed by atoms with van der Waals surface area (Å²) in [6, 6.07) is 17.1. The number of benzene rings is 2. The van der Waals surface area contributed by atoms with Gasteiger partial charge >= 0.3 is 0 Å². The van der Waals surface area contributed by atoms with Gasteiger partial charge in [-0.25, -0.2) is 0 Å². The Balaban J connectivity index is 1.54. The minimum Gasteiger partial charge on any atom is -0.334 e. The van der Waals surface area contributed by atoms with Crippen LogP contribution in [0, 0.1) is 0 Å². The molecule has 2 aromatic carbocycles. The number of anilines is 1. The zero-order valence-corrected chi connectivity index (χ0v) is 17.7. The summed E-state index contributed by atoms with van der Waals surface area (Å²) < 4.78 is 7.52. The van der Waals surface area contributed by atoms with Gasteiger partial charge in [-0.1, -0.05) is 44.8 Å². The highest BCUT2D eigenvalue weighted by atomic mass is 79.9. The lowest BCUT2D eigenvalue weighted by molar-refractivity contribution is -0.116. The maximum atomic E-state index is 12.3. The van der Waals surface area contributed by atoms with E-state index in [4.69, 9.17) is 16.1 Å². The van der Waals surface area contributed by atoms with Crippen LogP contribution in [0.2, 0.25) is 5.02 Å². The molecule has 0 radical (unpaired) electrons. The number of halogens is 2. The van der Waals surface area contributed by atoms with Crippen LogP contribution in [-0.4, -0.2) is 20.6 Å². The molecule has 4 aromatic rings. The van der Waals surface area contributed by atoms with Crippen molar-refractivity contribution in [3.63, 3.8) is 0 Å². The van der Waals surface area contributed by atoms with Crippen LogP contribution in [-0.2, 0) is 11.3 Å². The first-order valence-corrected chi connectivity index (χ1v) is 10.0. The minimum atomic E-state index is -0.350. The number of aromatic nitrogens is 3. The molecule has 1 N–H and O–H groups in total. The Morgan fingerprint density at radius 1 is 1.10 bits per heavy atom. The van der Waals surface area contributed by atoms with E-state index >= 15 is 0 Å². The van der Waals surface area contributed by atoms with Gasteiger partial charge < -0.3 is 14.4 Å². The SMILES string of the molecule is O=C(Cn1cc(-c2nc(-c3cccc(Br)c3)no2)ccc1=O)Nc1ccc(Cl)cc1. The molecule has 0 atom stereocenters. The molecule has 9 heteroatoms. The van der Waals surface area contributed by atoms with E-state index in [1.165, 1.54) is 16.8 Å². The number of pyridine rings is 1. The first-order valence-electron chi connectivity index (χ1n) is 8.84. The zero-order valence-electron chi connectivity index (χ0n) is 15.4. The normalized spacial score (nSPS) is 10.7. The maximum Gasteiger partial charge on any atom is 0.259 e. The molecule has 0 bridgehead atoms. The summed E-state index contributed by atoms with van der Waals surface area (Å²) in [7, 11) is 0. The Hall–Kier alpha value is -3.23. The molecule has 2 heterocycles. The van der Waals surface area contributed by atoms with Crippen LogP contribution in [0.15, 0.2) is 80.7 Å². The average Bonchev–Trinajstić information content (AvgIpc) is 3.22. The molecule has 0 spiro atoms. The quantitative estimate of drug-likeness (QED) is 0.445. The highest BCUT2D eigenvalue weighted by molar-refractivity contribution is 9.10. The highest BCUT2D eigenvalue weighted by Crippen LogP contribution is 2.23. The summed E-state index contributed by atoms with van der Waals surface area (Å²) in [6.07, 6.45) is 1.52. The number of rotatable bonds is 5. The van der Waals surface area contributed by atoms with Gasteiger partial charge in [0.2, 0.25) is 11.7 Å². The lowest BCUT2D eigenvalue weighted by Gasteiger charge is -2.08. The van der Waals surface area contributed by atoms with Crippen molar-refractivity contribution in [2.75, 3.05) is 5.32 Å². The standard InChI is InChI=1S/C21H14BrClN4O3/c22-15-3-1-2-13(10-15)20-25-21(30-26-20)14-4-9-19(29)27(11-14)12-18(28)24-17-7-5-16(23)6-8-17/h1-11H,12H2,(H,24,28). The Kier molecular flexibility index (Phi) is 5.78. The predicted molar refractivity (Wildman–Crippen MR) is 117 cm³/mol. The number of hydrogen-bond acceptors (Lipinski definition) is 5. The molecule has 0 saturated heterocycles. The van der Waals surface area contributed by atoms with Crippen molar-refractivity contribution in [1.82, 2.24) is 14.7 Å². The van der Waals surface area contributed by atoms with Crippen molar-refractivity contribution in [2.24, 2.45) is 0 Å². The first kappa shape index (κ1) is 20.1. The number of amides is 1. The molecule has 0 fully saturated rings. The Morgan fingerprint density at radius 2 is 1.90 bits per heavy atom. The van der Waals surface area contributed by atoms with Crippen molar-refractivity contribution in [1.29, 1.82) is 0 Å². The van der Waals surface area contributed by atoms with Crippen molar-refractivity contribution >= 4 is 39.1 Å². The molecule has 0 aliphatic carbocycles. The fourth-order valence-corrected chi connectivity index (χ4v) is 3.28. The molecular weight excluding hydrogens is 472 g/mol. The second-order valence-corrected chi connectivity index (χ2v) is 7.72. The van der Waals surface area contributed by atoms with E-state index in [9.17, 15) is 9.59 Å². The monoisotopic (exact) mass is 484 g/mol. The third kappa shape index (κ3) is 4.67. The Bertz CT molecular complexity index is 1270. The number of nitrogens with zero attached hydrogens (tertiary/aromatic N) is 3. The average molecular weight is 486 g/mol. The zero-order chi connectivity index (χ0) is 21.1. The molecule has 0 saturated carbocycles. The van der Waals surface area contributed by atoms with Crippen molar-refractivity contribution in [3.8, 4) is 22.8 Å². The van der Waals surface area contributed by atoms with E-state index < -0.39 is 0 Å². The van der Waals surface area contributed by atoms with Crippen LogP contribution in [0.4, 0.5) is 5.69 Å². The van der Waals surface area contributed by atoms with Crippen LogP contribution in [0.1, 0.15) is 0 Å². The maximum absolute atomic E-state index is 12.3. The van der Waals surface area contributed by atoms with Crippen molar-refractivity contribution in [2.45, 2.75) is 6.54 Å². The molecule has 1 amide bonds. The summed E-state index contributed by atoms with van der Waals surface area (Å²) in [5.41, 5.74) is 1.58. The Labute approximate surface area is 184 Å². The van der Waals surface area contributed by atoms with E-state index in [1.807, 2.05) is 24.3 Å². The van der Waals surface area contributed by atoms with Gasteiger partial charge in [-0.3, -0.25) is 9.59 Å². The third-order valence-electron chi connectivity index (χ3n) is 4.18. The van der Waals surface area contributed by atoms with E-state index in [-0.39, 0.29) is 23.9 Å². The van der Waals surface area contributed by atoms with Gasteiger partial charge in [0.1, 0.15) is 6.54 Å². The topological polar surface area (TPSA) is 90.0 Å². The largest absolute Gasteiger partial charge is 0.334 e. The fourth-order valence-electron chi connectivity index (χ4n) is 2.76. The van der Waals surface area contributed by atoms with Crippen LogP contribution in [0.3, 0.4) is 0 Å². The molecule has 7 nitrogen and oxygen atoms in total. The van der Waals surface area contributed by atoms with Crippen LogP contribution < -0.4 is 10.9 Å². The summed E-state index contributed by atoms with van der Waals surface area (Å²) in [6.45, 7) is -0.165. The van der Waals surface area contributed by atoms with Gasteiger partial charge in [0.05, 0.1) is 5.56 Å². The molecule has 2 aromatic heterocycles. The molecule has 0 unspecified atom stereocenters. The van der Waals surface area contributed by atoms with Gasteiger partial charge in [0, 0.05) is 33.0 Å². The van der Waals surface area contributed by atoms with Crippen molar-refractivity contribution in [3.05, 3.63) is 86.7 Å². The lowest BCUT2D eigenvalue weighted by Crippen LogP contribution is -2.26. The third-order valence-corrected chi connectivity index (χ3v) is 4.93. The highest BCUT2D eigenvalue weighted by Gasteiger charge is 2.13. The second kappa shape index (κ2) is 8.64. The molecule has 150 valence electrons. The van der Waals surface area contributed by atoms with Crippen LogP contribution in [0.5, 0.6) is 0 Å². The summed E-state index contributed by atoms with van der Waals surface area (Å²) in [5, 5.41) is 7.29. The molecule has 30 heavy (non-hydrogen) atoms. The molecule has 0 aliphatic rings. The van der Waals surface area contributed by atoms with E-state index in [0.29, 0.717) is 22.1 Å². The molecule has 4 rings (SSSR count). The van der Waals surface area contributed by atoms with Gasteiger partial charge in [0.25, 0.3) is 11.4 Å². The molecule has 0 aliphatic heterocycles. The number of nitrogens with one attached hydrogen (secondary N) is 1. The minimum absolute atomic E-state index is 0.165. The van der Waals surface area contributed by atoms with Gasteiger partial charge in [0.15, 0.2) is 0 Å². The number of hydrogen-bond donors (Lipinski definition) is 1. The number of carbonyl (C=O) groups is 1. The van der Waals surface area contributed by atoms with Gasteiger partial charge in [-0.2, -0.15) is 4.98 Å². The smallest absolute Gasteiger partial charge is 0.259 e. The van der Waals surface area contributed by atoms with E-state index in [0.717, 1.165) is 10.0 Å². The van der Waals surface area contributed by atoms with Gasteiger partial charge in [-0.05, 0) is 42.5 Å². The fraction of sp³-hybridized carbons (Fsp3) is 0.0476. The summed E-state index contributed by atoms with van der Waals surface area (Å²) >= 11 is 9.25. The van der Waals surface area contributed by atoms with E-state index in [2.05, 4.69) is 31.4 Å². The van der Waals surface area contributed by atoms with Crippen LogP contribution in [0.25, 0.3) is 22.8 Å². The molecular formula is C21H14BrClN4O3. The summed E-state index contributed by atoms with van der Waals surface area (Å²) in [4.78, 5) is 28.9. The first-order chi connectivity index (χ1) is 14.5. The van der Waals surface area contributed by atoms with E-state index in [1.54, 1.807) is 30.3 Å². The Morgan fingerprint density at radius 3 is 2.67 bits per heavy atom. The van der Waals surface area contributed by atoms with Gasteiger partial charge in [-0.15, -0.1) is 0 Å². The second-order valence-electron chi connectivity index (χ2n) is 6.37. The van der Waals surface area contributed by atoms with Crippen LogP contribution >= 0.6 is 27.5 Å². The van der Waals surface area contributed by atoms with Crippen molar-refractivity contribution < 1.29 is 9.32 Å². The number of carbonyl (C=O) groups excluding carboxylic acids is 1.